The van der Waals surface area contributed by atoms with Gasteiger partial charge in [0.05, 0.1) is 6.04 Å². The lowest BCUT2D eigenvalue weighted by Crippen LogP contribution is -2.42. The highest BCUT2D eigenvalue weighted by Crippen LogP contribution is 2.24. The predicted molar refractivity (Wildman–Crippen MR) is 101 cm³/mol. The molecule has 2 aromatic rings. The topological polar surface area (TPSA) is 69.5 Å². The number of hydrogen-bond acceptors (Lipinski definition) is 5. The minimum Gasteiger partial charge on any atom is -0.465 e. The molecule has 2 unspecified atom stereocenters. The summed E-state index contributed by atoms with van der Waals surface area (Å²) in [5, 5.41) is 3.05. The van der Waals surface area contributed by atoms with Crippen LogP contribution in [0.3, 0.4) is 0 Å². The standard InChI is InChI=1S/C20H26N4O2/c1-14-7-8-19(26-14)17-12-18(23-22-17)20(25)21-13-15-5-4-6-16(11-15)24-9-2-3-10-24/h4-8,11,17-18,22-23H,2-3,9-10,12-13H2,1H3,(H,21,25). The van der Waals surface area contributed by atoms with Crippen molar-refractivity contribution in [3.63, 3.8) is 0 Å². The molecule has 2 saturated heterocycles. The Labute approximate surface area is 153 Å². The summed E-state index contributed by atoms with van der Waals surface area (Å²) in [7, 11) is 0. The summed E-state index contributed by atoms with van der Waals surface area (Å²) < 4.78 is 5.65. The Bertz CT molecular complexity index is 767. The fourth-order valence-corrected chi connectivity index (χ4v) is 3.71. The van der Waals surface area contributed by atoms with Crippen molar-refractivity contribution in [2.75, 3.05) is 18.0 Å². The van der Waals surface area contributed by atoms with Crippen LogP contribution in [0.5, 0.6) is 0 Å². The van der Waals surface area contributed by atoms with Gasteiger partial charge in [0, 0.05) is 25.3 Å². The quantitative estimate of drug-likeness (QED) is 0.769. The van der Waals surface area contributed by atoms with Gasteiger partial charge in [-0.3, -0.25) is 4.79 Å². The number of hydrazine groups is 1. The van der Waals surface area contributed by atoms with E-state index in [1.54, 1.807) is 0 Å². The molecule has 2 aliphatic heterocycles. The number of nitrogens with one attached hydrogen (secondary N) is 3. The second-order valence-corrected chi connectivity index (χ2v) is 7.16. The fraction of sp³-hybridized carbons (Fsp3) is 0.450. The van der Waals surface area contributed by atoms with Crippen molar-refractivity contribution in [1.29, 1.82) is 0 Å². The maximum absolute atomic E-state index is 12.5. The molecular weight excluding hydrogens is 328 g/mol. The Morgan fingerprint density at radius 3 is 2.85 bits per heavy atom. The van der Waals surface area contributed by atoms with Gasteiger partial charge in [-0.15, -0.1) is 0 Å². The van der Waals surface area contributed by atoms with E-state index >= 15 is 0 Å². The molecule has 3 N–H and O–H groups in total. The number of carbonyl (C=O) groups is 1. The lowest BCUT2D eigenvalue weighted by molar-refractivity contribution is -0.123. The SMILES string of the molecule is Cc1ccc(C2CC(C(=O)NCc3cccc(N4CCCC4)c3)NN2)o1. The van der Waals surface area contributed by atoms with Gasteiger partial charge in [-0.1, -0.05) is 12.1 Å². The number of rotatable bonds is 5. The third-order valence-corrected chi connectivity index (χ3v) is 5.17. The lowest BCUT2D eigenvalue weighted by Gasteiger charge is -2.18. The van der Waals surface area contributed by atoms with Crippen molar-refractivity contribution < 1.29 is 9.21 Å². The smallest absolute Gasteiger partial charge is 0.238 e. The van der Waals surface area contributed by atoms with Crippen LogP contribution in [0.4, 0.5) is 5.69 Å². The van der Waals surface area contributed by atoms with Gasteiger partial charge in [0.1, 0.15) is 17.6 Å². The summed E-state index contributed by atoms with van der Waals surface area (Å²) >= 11 is 0. The molecule has 3 heterocycles. The van der Waals surface area contributed by atoms with Crippen molar-refractivity contribution in [3.8, 4) is 0 Å². The normalized spacial score (nSPS) is 22.7. The highest BCUT2D eigenvalue weighted by atomic mass is 16.3. The van der Waals surface area contributed by atoms with Crippen LogP contribution in [0.2, 0.25) is 0 Å². The van der Waals surface area contributed by atoms with Crippen molar-refractivity contribution in [2.24, 2.45) is 0 Å². The molecule has 6 heteroatoms. The van der Waals surface area contributed by atoms with E-state index in [4.69, 9.17) is 4.42 Å². The van der Waals surface area contributed by atoms with E-state index in [2.05, 4.69) is 45.3 Å². The first-order valence-electron chi connectivity index (χ1n) is 9.38. The van der Waals surface area contributed by atoms with E-state index in [-0.39, 0.29) is 18.0 Å². The molecule has 0 saturated carbocycles. The molecule has 6 nitrogen and oxygen atoms in total. The summed E-state index contributed by atoms with van der Waals surface area (Å²) in [6.07, 6.45) is 3.20. The zero-order chi connectivity index (χ0) is 17.9. The maximum atomic E-state index is 12.5. The highest BCUT2D eigenvalue weighted by Gasteiger charge is 2.31. The van der Waals surface area contributed by atoms with Gasteiger partial charge in [-0.05, 0) is 56.0 Å². The van der Waals surface area contributed by atoms with Gasteiger partial charge >= 0.3 is 0 Å². The number of amides is 1. The first-order chi connectivity index (χ1) is 12.7. The van der Waals surface area contributed by atoms with Crippen LogP contribution >= 0.6 is 0 Å². The van der Waals surface area contributed by atoms with E-state index in [1.165, 1.54) is 18.5 Å². The Morgan fingerprint density at radius 1 is 1.23 bits per heavy atom. The number of hydrogen-bond donors (Lipinski definition) is 3. The summed E-state index contributed by atoms with van der Waals surface area (Å²) in [6.45, 7) is 4.72. The summed E-state index contributed by atoms with van der Waals surface area (Å²) in [5.41, 5.74) is 8.61. The molecule has 2 fully saturated rings. The first kappa shape index (κ1) is 17.1. The zero-order valence-corrected chi connectivity index (χ0v) is 15.1. The summed E-state index contributed by atoms with van der Waals surface area (Å²) in [4.78, 5) is 14.9. The number of carbonyl (C=O) groups excluding carboxylic acids is 1. The minimum atomic E-state index is -0.257. The minimum absolute atomic E-state index is 0.00912. The Morgan fingerprint density at radius 2 is 2.08 bits per heavy atom. The molecule has 0 bridgehead atoms. The monoisotopic (exact) mass is 354 g/mol. The number of aryl methyl sites for hydroxylation is 1. The molecule has 138 valence electrons. The van der Waals surface area contributed by atoms with Gasteiger partial charge in [-0.2, -0.15) is 0 Å². The van der Waals surface area contributed by atoms with Crippen molar-refractivity contribution in [2.45, 2.75) is 44.8 Å². The van der Waals surface area contributed by atoms with Gasteiger partial charge in [-0.25, -0.2) is 10.9 Å². The molecule has 2 atom stereocenters. The van der Waals surface area contributed by atoms with Gasteiger partial charge in [0.25, 0.3) is 0 Å². The van der Waals surface area contributed by atoms with Crippen LogP contribution in [0.25, 0.3) is 0 Å². The van der Waals surface area contributed by atoms with Crippen LogP contribution in [0, 0.1) is 6.92 Å². The molecule has 0 radical (unpaired) electrons. The summed E-state index contributed by atoms with van der Waals surface area (Å²) in [6, 6.07) is 12.1. The second-order valence-electron chi connectivity index (χ2n) is 7.16. The van der Waals surface area contributed by atoms with Gasteiger partial charge in [0.15, 0.2) is 0 Å². The average Bonchev–Trinajstić information content (AvgIpc) is 3.40. The van der Waals surface area contributed by atoms with Crippen molar-refractivity contribution >= 4 is 11.6 Å². The van der Waals surface area contributed by atoms with Crippen molar-refractivity contribution in [1.82, 2.24) is 16.2 Å². The van der Waals surface area contributed by atoms with Gasteiger partial charge < -0.3 is 14.6 Å². The average molecular weight is 354 g/mol. The number of benzene rings is 1. The Hall–Kier alpha value is -2.31. The molecular formula is C20H26N4O2. The van der Waals surface area contributed by atoms with Crippen LogP contribution in [-0.4, -0.2) is 25.0 Å². The first-order valence-corrected chi connectivity index (χ1v) is 9.38. The molecule has 1 amide bonds. The molecule has 26 heavy (non-hydrogen) atoms. The Kier molecular flexibility index (Phi) is 4.95. The third kappa shape index (κ3) is 3.76. The molecule has 0 spiro atoms. The molecule has 0 aliphatic carbocycles. The molecule has 4 rings (SSSR count). The van der Waals surface area contributed by atoms with Crippen LogP contribution < -0.4 is 21.1 Å². The Balaban J connectivity index is 1.31. The maximum Gasteiger partial charge on any atom is 0.238 e. The van der Waals surface area contributed by atoms with Crippen LogP contribution in [-0.2, 0) is 11.3 Å². The number of anilines is 1. The van der Waals surface area contributed by atoms with Crippen LogP contribution in [0.15, 0.2) is 40.8 Å². The number of furan rings is 1. The fourth-order valence-electron chi connectivity index (χ4n) is 3.71. The van der Waals surface area contributed by atoms with E-state index in [1.807, 2.05) is 19.1 Å². The second kappa shape index (κ2) is 7.51. The zero-order valence-electron chi connectivity index (χ0n) is 15.1. The molecule has 1 aromatic heterocycles. The number of nitrogens with zero attached hydrogens (tertiary/aromatic N) is 1. The highest BCUT2D eigenvalue weighted by molar-refractivity contribution is 5.82. The predicted octanol–water partition coefficient (Wildman–Crippen LogP) is 2.41. The molecule has 1 aromatic carbocycles. The van der Waals surface area contributed by atoms with E-state index in [9.17, 15) is 4.79 Å². The van der Waals surface area contributed by atoms with E-state index < -0.39 is 0 Å². The molecule has 2 aliphatic rings. The van der Waals surface area contributed by atoms with E-state index in [0.29, 0.717) is 13.0 Å². The van der Waals surface area contributed by atoms with E-state index in [0.717, 1.165) is 30.2 Å². The largest absolute Gasteiger partial charge is 0.465 e. The van der Waals surface area contributed by atoms with Gasteiger partial charge in [0.2, 0.25) is 5.91 Å². The van der Waals surface area contributed by atoms with Crippen LogP contribution in [0.1, 0.15) is 42.4 Å². The summed E-state index contributed by atoms with van der Waals surface area (Å²) in [5.74, 6) is 1.76. The third-order valence-electron chi connectivity index (χ3n) is 5.17. The lowest BCUT2D eigenvalue weighted by atomic mass is 10.1. The van der Waals surface area contributed by atoms with Crippen molar-refractivity contribution in [3.05, 3.63) is 53.5 Å².